The summed E-state index contributed by atoms with van der Waals surface area (Å²) >= 11 is 0. The van der Waals surface area contributed by atoms with Gasteiger partial charge < -0.3 is 16.2 Å². The van der Waals surface area contributed by atoms with Gasteiger partial charge >= 0.3 is 0 Å². The number of carbonyl (C=O) groups is 1. The molecule has 1 aliphatic carbocycles. The van der Waals surface area contributed by atoms with Crippen LogP contribution in [0, 0.1) is 23.4 Å². The fraction of sp³-hybridized carbons (Fsp3) is 0.414. The number of amides is 1. The maximum Gasteiger partial charge on any atom is 0.274 e. The number of nitrogens with two attached hydrogens (primary N) is 1. The first-order valence-corrected chi connectivity index (χ1v) is 15.3. The molecule has 1 aromatic carbocycles. The first-order chi connectivity index (χ1) is 19.4. The van der Waals surface area contributed by atoms with Crippen LogP contribution in [0.5, 0.6) is 0 Å². The third kappa shape index (κ3) is 6.14. The van der Waals surface area contributed by atoms with Crippen molar-refractivity contribution < 1.29 is 31.5 Å². The Morgan fingerprint density at radius 2 is 1.71 bits per heavy atom. The van der Waals surface area contributed by atoms with Crippen molar-refractivity contribution in [3.05, 3.63) is 77.0 Å². The van der Waals surface area contributed by atoms with Gasteiger partial charge in [0, 0.05) is 12.2 Å². The second-order valence-electron chi connectivity index (χ2n) is 11.0. The summed E-state index contributed by atoms with van der Waals surface area (Å²) in [5.41, 5.74) is 5.95. The molecule has 0 radical (unpaired) electrons. The van der Waals surface area contributed by atoms with Gasteiger partial charge in [-0.1, -0.05) is 6.92 Å². The maximum absolute atomic E-state index is 15.2. The fourth-order valence-corrected chi connectivity index (χ4v) is 7.39. The Morgan fingerprint density at radius 1 is 1.02 bits per heavy atom. The number of carbonyl (C=O) groups excluding carboxylic acids is 1. The third-order valence-electron chi connectivity index (χ3n) is 8.18. The number of hydrogen-bond donors (Lipinski definition) is 3. The molecule has 1 saturated carbocycles. The Morgan fingerprint density at radius 3 is 2.37 bits per heavy atom. The lowest BCUT2D eigenvalue weighted by Crippen LogP contribution is -2.44. The lowest BCUT2D eigenvalue weighted by Gasteiger charge is -2.36. The van der Waals surface area contributed by atoms with Crippen LogP contribution in [0.1, 0.15) is 66.1 Å². The number of halogens is 3. The zero-order valence-electron chi connectivity index (χ0n) is 22.4. The highest BCUT2D eigenvalue weighted by Crippen LogP contribution is 2.39. The lowest BCUT2D eigenvalue weighted by atomic mass is 9.74. The second kappa shape index (κ2) is 11.5. The number of sulfone groups is 1. The molecule has 5 rings (SSSR count). The molecule has 1 saturated heterocycles. The zero-order chi connectivity index (χ0) is 29.5. The van der Waals surface area contributed by atoms with Gasteiger partial charge in [0.15, 0.2) is 0 Å². The summed E-state index contributed by atoms with van der Waals surface area (Å²) in [5, 5.41) is 13.0. The number of nitrogens with zero attached hydrogens (tertiary/aromatic N) is 2. The van der Waals surface area contributed by atoms with Crippen LogP contribution < -0.4 is 11.1 Å². The van der Waals surface area contributed by atoms with Crippen LogP contribution >= 0.6 is 0 Å². The first kappa shape index (κ1) is 29.2. The molecule has 4 N–H and O–H groups in total. The molecule has 3 aromatic rings. The van der Waals surface area contributed by atoms with Gasteiger partial charge in [-0.25, -0.2) is 26.6 Å². The van der Waals surface area contributed by atoms with E-state index in [4.69, 9.17) is 5.73 Å². The number of aromatic nitrogens is 2. The second-order valence-corrected chi connectivity index (χ2v) is 13.3. The van der Waals surface area contributed by atoms with E-state index in [0.29, 0.717) is 24.1 Å². The molecule has 2 fully saturated rings. The number of anilines is 1. The van der Waals surface area contributed by atoms with E-state index in [-0.39, 0.29) is 47.8 Å². The van der Waals surface area contributed by atoms with Crippen molar-refractivity contribution in [2.24, 2.45) is 11.7 Å². The Kier molecular flexibility index (Phi) is 8.18. The summed E-state index contributed by atoms with van der Waals surface area (Å²) < 4.78 is 68.7. The fourth-order valence-electron chi connectivity index (χ4n) is 5.90. The number of hydrogen-bond acceptors (Lipinski definition) is 7. The van der Waals surface area contributed by atoms with E-state index in [2.05, 4.69) is 15.3 Å². The molecule has 1 amide bonds. The largest absolute Gasteiger partial charge is 0.391 e. The van der Waals surface area contributed by atoms with Crippen molar-refractivity contribution in [3.63, 3.8) is 0 Å². The highest BCUT2D eigenvalue weighted by atomic mass is 32.2. The molecular formula is C29H31F3N4O4S. The summed E-state index contributed by atoms with van der Waals surface area (Å²) in [5.74, 6) is -4.43. The topological polar surface area (TPSA) is 135 Å². The Balaban J connectivity index is 1.40. The highest BCUT2D eigenvalue weighted by molar-refractivity contribution is 7.91. The molecule has 2 aromatic heterocycles. The van der Waals surface area contributed by atoms with Crippen LogP contribution in [-0.2, 0) is 9.84 Å². The summed E-state index contributed by atoms with van der Waals surface area (Å²) in [6, 6.07) is 5.52. The number of nitrogens with one attached hydrogen (secondary N) is 1. The van der Waals surface area contributed by atoms with E-state index in [0.717, 1.165) is 29.8 Å². The van der Waals surface area contributed by atoms with Crippen molar-refractivity contribution in [2.45, 2.75) is 56.6 Å². The van der Waals surface area contributed by atoms with Crippen LogP contribution in [0.4, 0.5) is 18.9 Å². The van der Waals surface area contributed by atoms with Gasteiger partial charge in [0.1, 0.15) is 38.7 Å². The van der Waals surface area contributed by atoms with Crippen molar-refractivity contribution in [1.82, 2.24) is 9.97 Å². The quantitative estimate of drug-likeness (QED) is 0.404. The van der Waals surface area contributed by atoms with Gasteiger partial charge in [-0.2, -0.15) is 0 Å². The molecule has 4 atom stereocenters. The average Bonchev–Trinajstić information content (AvgIpc) is 2.92. The van der Waals surface area contributed by atoms with Gasteiger partial charge in [0.25, 0.3) is 5.91 Å². The molecule has 8 nitrogen and oxygen atoms in total. The predicted octanol–water partition coefficient (Wildman–Crippen LogP) is 4.31. The Hall–Kier alpha value is -3.35. The van der Waals surface area contributed by atoms with Crippen LogP contribution in [0.25, 0.3) is 11.3 Å². The van der Waals surface area contributed by atoms with Crippen LogP contribution in [0.2, 0.25) is 0 Å². The lowest BCUT2D eigenvalue weighted by molar-refractivity contribution is 0.0521. The Bertz CT molecular complexity index is 1540. The minimum absolute atomic E-state index is 0.0515. The SMILES string of the molecule is C[C@H]1C[C@@H](c2ccncc2NC(=O)c2ccc(F)c(-c3c(F)cc(C4CCS(=O)(=O)CC4)cc3F)n2)C[C@@H](N)[C@H]1O. The van der Waals surface area contributed by atoms with Gasteiger partial charge in [0.05, 0.1) is 35.1 Å². The average molecular weight is 589 g/mol. The molecule has 3 heterocycles. The molecule has 2 aliphatic rings. The first-order valence-electron chi connectivity index (χ1n) is 13.5. The van der Waals surface area contributed by atoms with E-state index in [1.807, 2.05) is 6.92 Å². The summed E-state index contributed by atoms with van der Waals surface area (Å²) in [4.78, 5) is 21.2. The summed E-state index contributed by atoms with van der Waals surface area (Å²) in [7, 11) is -3.16. The standard InChI is InChI=1S/C29H31F3N4O4S/c1-15-10-18(13-23(33)28(15)37)19-4-7-34-14-25(19)36-29(38)24-3-2-20(30)27(35-24)26-21(31)11-17(12-22(26)32)16-5-8-41(39,40)9-6-16/h2-4,7,11-12,14-16,18,23,28,37H,5-6,8-10,13,33H2,1H3,(H,36,38)/t15-,18+,23+,28-/m0/s1. The summed E-state index contributed by atoms with van der Waals surface area (Å²) in [6.07, 6.45) is 4.06. The van der Waals surface area contributed by atoms with Crippen molar-refractivity contribution >= 4 is 21.4 Å². The number of aliphatic hydroxyl groups is 1. The number of pyridine rings is 2. The smallest absolute Gasteiger partial charge is 0.274 e. The minimum Gasteiger partial charge on any atom is -0.391 e. The molecular weight excluding hydrogens is 557 g/mol. The van der Waals surface area contributed by atoms with E-state index in [1.54, 1.807) is 12.3 Å². The molecule has 1 aliphatic heterocycles. The third-order valence-corrected chi connectivity index (χ3v) is 9.90. The van der Waals surface area contributed by atoms with Crippen molar-refractivity contribution in [3.8, 4) is 11.3 Å². The summed E-state index contributed by atoms with van der Waals surface area (Å²) in [6.45, 7) is 1.91. The zero-order valence-corrected chi connectivity index (χ0v) is 23.2. The Labute approximate surface area is 236 Å². The molecule has 12 heteroatoms. The van der Waals surface area contributed by atoms with Crippen LogP contribution in [0.3, 0.4) is 0 Å². The van der Waals surface area contributed by atoms with Crippen molar-refractivity contribution in [2.75, 3.05) is 16.8 Å². The van der Waals surface area contributed by atoms with E-state index < -0.39 is 56.6 Å². The van der Waals surface area contributed by atoms with E-state index in [1.165, 1.54) is 6.20 Å². The highest BCUT2D eigenvalue weighted by Gasteiger charge is 2.34. The van der Waals surface area contributed by atoms with Gasteiger partial charge in [-0.05, 0) is 84.9 Å². The molecule has 0 bridgehead atoms. The normalized spacial score (nSPS) is 24.6. The van der Waals surface area contributed by atoms with Gasteiger partial charge in [0.2, 0.25) is 0 Å². The molecule has 41 heavy (non-hydrogen) atoms. The number of aliphatic hydroxyl groups excluding tert-OH is 1. The minimum atomic E-state index is -3.16. The molecule has 218 valence electrons. The van der Waals surface area contributed by atoms with Gasteiger partial charge in [-0.3, -0.25) is 9.78 Å². The molecule has 0 spiro atoms. The predicted molar refractivity (Wildman–Crippen MR) is 147 cm³/mol. The number of rotatable bonds is 5. The van der Waals surface area contributed by atoms with E-state index >= 15 is 8.78 Å². The van der Waals surface area contributed by atoms with Crippen molar-refractivity contribution in [1.29, 1.82) is 0 Å². The maximum atomic E-state index is 15.2. The van der Waals surface area contributed by atoms with Gasteiger partial charge in [-0.15, -0.1) is 0 Å². The monoisotopic (exact) mass is 588 g/mol. The van der Waals surface area contributed by atoms with Crippen LogP contribution in [0.15, 0.2) is 42.7 Å². The molecule has 0 unspecified atom stereocenters. The van der Waals surface area contributed by atoms with Crippen LogP contribution in [-0.4, -0.2) is 53.1 Å². The number of benzene rings is 1. The van der Waals surface area contributed by atoms with E-state index in [9.17, 15) is 22.7 Å².